The largest absolute Gasteiger partial charge is 0.472 e. The Bertz CT molecular complexity index is 879. The molecule has 1 unspecified atom stereocenters. The van der Waals surface area contributed by atoms with Crippen LogP contribution in [0, 0.1) is 0 Å². The monoisotopic (exact) mass is 350 g/mol. The number of fused-ring (bicyclic) bond motifs is 1. The number of benzene rings is 1. The van der Waals surface area contributed by atoms with Crippen LogP contribution in [0.3, 0.4) is 0 Å². The maximum Gasteiger partial charge on any atom is 0.258 e. The number of hydrogen-bond donors (Lipinski definition) is 0. The van der Waals surface area contributed by atoms with Gasteiger partial charge in [-0.2, -0.15) is 0 Å². The van der Waals surface area contributed by atoms with Gasteiger partial charge >= 0.3 is 0 Å². The van der Waals surface area contributed by atoms with E-state index in [1.165, 1.54) is 31.5 Å². The molecule has 0 saturated carbocycles. The highest BCUT2D eigenvalue weighted by molar-refractivity contribution is 5.66. The van der Waals surface area contributed by atoms with Gasteiger partial charge in [-0.25, -0.2) is 9.97 Å². The van der Waals surface area contributed by atoms with Gasteiger partial charge in [-0.05, 0) is 52.3 Å². The van der Waals surface area contributed by atoms with Crippen molar-refractivity contribution in [3.05, 3.63) is 48.4 Å². The summed E-state index contributed by atoms with van der Waals surface area (Å²) in [4.78, 5) is 11.4. The fourth-order valence-corrected chi connectivity index (χ4v) is 3.69. The molecule has 0 aliphatic carbocycles. The molecule has 0 spiro atoms. The van der Waals surface area contributed by atoms with Crippen LogP contribution in [0.2, 0.25) is 0 Å². The lowest BCUT2D eigenvalue weighted by Gasteiger charge is -2.24. The Balaban J connectivity index is 1.63. The molecule has 0 amide bonds. The second-order valence-electron chi connectivity index (χ2n) is 7.28. The van der Waals surface area contributed by atoms with Crippen molar-refractivity contribution in [2.75, 3.05) is 13.1 Å². The zero-order valence-electron chi connectivity index (χ0n) is 15.7. The molecule has 0 N–H and O–H groups in total. The first-order valence-electron chi connectivity index (χ1n) is 9.46. The van der Waals surface area contributed by atoms with Crippen molar-refractivity contribution in [3.8, 4) is 17.1 Å². The van der Waals surface area contributed by atoms with E-state index in [1.54, 1.807) is 6.20 Å². The summed E-state index contributed by atoms with van der Waals surface area (Å²) in [7, 11) is 0. The minimum absolute atomic E-state index is 0.0696. The summed E-state index contributed by atoms with van der Waals surface area (Å²) in [5.41, 5.74) is 4.33. The van der Waals surface area contributed by atoms with E-state index < -0.39 is 0 Å². The fourth-order valence-electron chi connectivity index (χ4n) is 3.69. The number of hydrogen-bond acceptors (Lipinski definition) is 4. The summed E-state index contributed by atoms with van der Waals surface area (Å²) < 4.78 is 7.83. The van der Waals surface area contributed by atoms with Gasteiger partial charge in [-0.15, -0.1) is 0 Å². The number of rotatable bonds is 5. The topological polar surface area (TPSA) is 42.7 Å². The van der Waals surface area contributed by atoms with E-state index in [1.807, 2.05) is 30.6 Å². The van der Waals surface area contributed by atoms with Gasteiger partial charge in [0.1, 0.15) is 0 Å². The molecule has 1 atom stereocenters. The van der Waals surface area contributed by atoms with Crippen LogP contribution in [0.1, 0.15) is 45.2 Å². The molecule has 1 aromatic carbocycles. The van der Waals surface area contributed by atoms with Crippen LogP contribution in [0.4, 0.5) is 0 Å². The molecule has 2 aromatic heterocycles. The van der Waals surface area contributed by atoms with Crippen molar-refractivity contribution < 1.29 is 4.74 Å². The van der Waals surface area contributed by atoms with Crippen molar-refractivity contribution >= 4 is 5.65 Å². The van der Waals surface area contributed by atoms with Crippen molar-refractivity contribution in [3.63, 3.8) is 0 Å². The molecule has 26 heavy (non-hydrogen) atoms. The van der Waals surface area contributed by atoms with Gasteiger partial charge in [-0.1, -0.05) is 24.3 Å². The molecule has 1 fully saturated rings. The number of nitrogens with zero attached hydrogens (tertiary/aromatic N) is 4. The second-order valence-corrected chi connectivity index (χ2v) is 7.28. The SMILES string of the molecule is CC(C)Oc1nccn2c(-c3ccc(C(C)N4CCCC4)cc3)cnc12. The molecule has 1 aliphatic heterocycles. The Kier molecular flexibility index (Phi) is 4.64. The smallest absolute Gasteiger partial charge is 0.258 e. The second kappa shape index (κ2) is 7.08. The van der Waals surface area contributed by atoms with E-state index in [0.717, 1.165) is 16.9 Å². The lowest BCUT2D eigenvalue weighted by molar-refractivity contribution is 0.234. The number of aromatic nitrogens is 3. The quantitative estimate of drug-likeness (QED) is 0.686. The van der Waals surface area contributed by atoms with Crippen LogP contribution in [0.5, 0.6) is 5.88 Å². The van der Waals surface area contributed by atoms with Crippen LogP contribution < -0.4 is 4.74 Å². The predicted molar refractivity (Wildman–Crippen MR) is 103 cm³/mol. The molecular formula is C21H26N4O. The number of ether oxygens (including phenoxy) is 1. The normalized spacial score (nSPS) is 16.5. The zero-order chi connectivity index (χ0) is 18.1. The highest BCUT2D eigenvalue weighted by Crippen LogP contribution is 2.28. The number of imidazole rings is 1. The molecule has 1 saturated heterocycles. The molecule has 3 heterocycles. The number of likely N-dealkylation sites (tertiary alicyclic amines) is 1. The third-order valence-electron chi connectivity index (χ3n) is 5.12. The van der Waals surface area contributed by atoms with Gasteiger partial charge in [0.25, 0.3) is 5.88 Å². The lowest BCUT2D eigenvalue weighted by atomic mass is 10.0. The molecule has 136 valence electrons. The van der Waals surface area contributed by atoms with Gasteiger partial charge in [-0.3, -0.25) is 9.30 Å². The standard InChI is InChI=1S/C21H26N4O/c1-15(2)26-21-20-23-14-19(25(20)13-10-22-21)18-8-6-17(7-9-18)16(3)24-11-4-5-12-24/h6-10,13-16H,4-5,11-12H2,1-3H3. The van der Waals surface area contributed by atoms with Crippen molar-refractivity contribution in [1.82, 2.24) is 19.3 Å². The molecule has 3 aromatic rings. The Labute approximate surface area is 154 Å². The fraction of sp³-hybridized carbons (Fsp3) is 0.429. The van der Waals surface area contributed by atoms with Crippen LogP contribution in [0.25, 0.3) is 16.9 Å². The summed E-state index contributed by atoms with van der Waals surface area (Å²) in [6.07, 6.45) is 8.30. The predicted octanol–water partition coefficient (Wildman–Crippen LogP) is 4.34. The Morgan fingerprint density at radius 2 is 1.73 bits per heavy atom. The zero-order valence-corrected chi connectivity index (χ0v) is 15.7. The summed E-state index contributed by atoms with van der Waals surface area (Å²) >= 11 is 0. The van der Waals surface area contributed by atoms with E-state index in [9.17, 15) is 0 Å². The van der Waals surface area contributed by atoms with Gasteiger partial charge in [0.15, 0.2) is 0 Å². The van der Waals surface area contributed by atoms with Gasteiger partial charge < -0.3 is 4.74 Å². The summed E-state index contributed by atoms with van der Waals surface area (Å²) in [5.74, 6) is 0.577. The van der Waals surface area contributed by atoms with E-state index in [4.69, 9.17) is 4.74 Å². The maximum atomic E-state index is 5.78. The first-order chi connectivity index (χ1) is 12.6. The van der Waals surface area contributed by atoms with E-state index in [0.29, 0.717) is 11.9 Å². The highest BCUT2D eigenvalue weighted by atomic mass is 16.5. The first kappa shape index (κ1) is 17.0. The third kappa shape index (κ3) is 3.19. The minimum atomic E-state index is 0.0696. The van der Waals surface area contributed by atoms with Crippen LogP contribution >= 0.6 is 0 Å². The lowest BCUT2D eigenvalue weighted by Crippen LogP contribution is -2.23. The van der Waals surface area contributed by atoms with Crippen molar-refractivity contribution in [2.24, 2.45) is 0 Å². The maximum absolute atomic E-state index is 5.78. The average Bonchev–Trinajstić information content (AvgIpc) is 3.31. The Hall–Kier alpha value is -2.40. The molecule has 5 nitrogen and oxygen atoms in total. The minimum Gasteiger partial charge on any atom is -0.472 e. The molecule has 0 bridgehead atoms. The molecule has 4 rings (SSSR count). The van der Waals surface area contributed by atoms with Crippen LogP contribution in [-0.2, 0) is 0 Å². The van der Waals surface area contributed by atoms with Crippen molar-refractivity contribution in [2.45, 2.75) is 45.8 Å². The van der Waals surface area contributed by atoms with Crippen molar-refractivity contribution in [1.29, 1.82) is 0 Å². The third-order valence-corrected chi connectivity index (χ3v) is 5.12. The molecule has 5 heteroatoms. The Morgan fingerprint density at radius 1 is 1.00 bits per heavy atom. The summed E-state index contributed by atoms with van der Waals surface area (Å²) in [6.45, 7) is 8.71. The van der Waals surface area contributed by atoms with E-state index in [2.05, 4.69) is 46.1 Å². The molecular weight excluding hydrogens is 324 g/mol. The Morgan fingerprint density at radius 3 is 2.42 bits per heavy atom. The highest BCUT2D eigenvalue weighted by Gasteiger charge is 2.19. The van der Waals surface area contributed by atoms with Gasteiger partial charge in [0, 0.05) is 24.0 Å². The van der Waals surface area contributed by atoms with E-state index >= 15 is 0 Å². The first-order valence-corrected chi connectivity index (χ1v) is 9.46. The van der Waals surface area contributed by atoms with Gasteiger partial charge in [0.2, 0.25) is 5.65 Å². The molecule has 0 radical (unpaired) electrons. The van der Waals surface area contributed by atoms with E-state index in [-0.39, 0.29) is 6.10 Å². The molecule has 1 aliphatic rings. The van der Waals surface area contributed by atoms with Crippen LogP contribution in [-0.4, -0.2) is 38.5 Å². The van der Waals surface area contributed by atoms with Gasteiger partial charge in [0.05, 0.1) is 18.0 Å². The summed E-state index contributed by atoms with van der Waals surface area (Å²) in [5, 5.41) is 0. The average molecular weight is 350 g/mol. The van der Waals surface area contributed by atoms with Crippen LogP contribution in [0.15, 0.2) is 42.9 Å². The summed E-state index contributed by atoms with van der Waals surface area (Å²) in [6, 6.07) is 9.34.